The summed E-state index contributed by atoms with van der Waals surface area (Å²) in [5, 5.41) is 11.9. The Labute approximate surface area is 128 Å². The van der Waals surface area contributed by atoms with Gasteiger partial charge >= 0.3 is 12.0 Å². The van der Waals surface area contributed by atoms with Gasteiger partial charge in [0, 0.05) is 31.4 Å². The molecule has 0 aromatic heterocycles. The highest BCUT2D eigenvalue weighted by Crippen LogP contribution is 2.20. The number of nitrogens with zero attached hydrogens (tertiary/aromatic N) is 2. The minimum absolute atomic E-state index is 0.164. The summed E-state index contributed by atoms with van der Waals surface area (Å²) >= 11 is 0. The number of aliphatic carboxylic acids is 1. The van der Waals surface area contributed by atoms with Crippen molar-refractivity contribution in [1.82, 2.24) is 10.2 Å². The molecule has 0 aliphatic carbocycles. The average molecular weight is 305 g/mol. The molecule has 7 nitrogen and oxygen atoms in total. The molecule has 1 aliphatic rings. The molecule has 1 aromatic rings. The third-order valence-electron chi connectivity index (χ3n) is 3.95. The molecule has 3 amide bonds. The Morgan fingerprint density at radius 2 is 1.86 bits per heavy atom. The summed E-state index contributed by atoms with van der Waals surface area (Å²) in [7, 11) is 1.46. The van der Waals surface area contributed by atoms with Crippen molar-refractivity contribution in [2.45, 2.75) is 19.4 Å². The second kappa shape index (κ2) is 5.67. The van der Waals surface area contributed by atoms with E-state index in [2.05, 4.69) is 5.32 Å². The Balaban J connectivity index is 2.18. The van der Waals surface area contributed by atoms with Gasteiger partial charge in [0.05, 0.1) is 0 Å². The minimum atomic E-state index is -1.30. The third-order valence-corrected chi connectivity index (χ3v) is 3.95. The SMILES string of the molecule is CN(C(=O)c1ccc(N2CCNC2=O)cc1)C(C)(C)C(=O)O. The quantitative estimate of drug-likeness (QED) is 0.873. The number of hydrogen-bond acceptors (Lipinski definition) is 3. The number of nitrogens with one attached hydrogen (secondary N) is 1. The normalized spacial score (nSPS) is 14.7. The van der Waals surface area contributed by atoms with Gasteiger partial charge in [0.1, 0.15) is 5.54 Å². The first-order valence-electron chi connectivity index (χ1n) is 6.92. The van der Waals surface area contributed by atoms with Crippen LogP contribution in [0.2, 0.25) is 0 Å². The van der Waals surface area contributed by atoms with Crippen LogP contribution in [0.3, 0.4) is 0 Å². The van der Waals surface area contributed by atoms with Gasteiger partial charge in [-0.2, -0.15) is 0 Å². The van der Waals surface area contributed by atoms with Gasteiger partial charge in [0.2, 0.25) is 0 Å². The molecule has 22 heavy (non-hydrogen) atoms. The maximum absolute atomic E-state index is 12.4. The third kappa shape index (κ3) is 2.74. The standard InChI is InChI=1S/C15H19N3O4/c1-15(2,13(20)21)17(3)12(19)10-4-6-11(7-5-10)18-9-8-16-14(18)22/h4-7H,8-9H2,1-3H3,(H,16,22)(H,20,21). The first kappa shape index (κ1) is 15.8. The number of urea groups is 1. The Bertz CT molecular complexity index is 610. The van der Waals surface area contributed by atoms with E-state index in [9.17, 15) is 19.5 Å². The van der Waals surface area contributed by atoms with E-state index in [1.165, 1.54) is 25.8 Å². The second-order valence-corrected chi connectivity index (χ2v) is 5.66. The topological polar surface area (TPSA) is 90.0 Å². The molecule has 1 aromatic carbocycles. The Kier molecular flexibility index (Phi) is 4.07. The molecule has 1 heterocycles. The molecular weight excluding hydrogens is 286 g/mol. The summed E-state index contributed by atoms with van der Waals surface area (Å²) in [4.78, 5) is 37.9. The predicted octanol–water partition coefficient (Wildman–Crippen LogP) is 1.15. The van der Waals surface area contributed by atoms with E-state index in [4.69, 9.17) is 0 Å². The zero-order chi connectivity index (χ0) is 16.5. The second-order valence-electron chi connectivity index (χ2n) is 5.66. The first-order valence-corrected chi connectivity index (χ1v) is 6.92. The first-order chi connectivity index (χ1) is 10.2. The highest BCUT2D eigenvalue weighted by molar-refractivity contribution is 5.99. The summed E-state index contributed by atoms with van der Waals surface area (Å²) in [6.45, 7) is 4.11. The average Bonchev–Trinajstić information content (AvgIpc) is 2.91. The molecule has 2 N–H and O–H groups in total. The van der Waals surface area contributed by atoms with Crippen LogP contribution in [0.25, 0.3) is 0 Å². The van der Waals surface area contributed by atoms with Crippen molar-refractivity contribution < 1.29 is 19.5 Å². The Morgan fingerprint density at radius 1 is 1.27 bits per heavy atom. The number of amides is 3. The lowest BCUT2D eigenvalue weighted by Gasteiger charge is -2.31. The van der Waals surface area contributed by atoms with Crippen LogP contribution in [0.15, 0.2) is 24.3 Å². The number of anilines is 1. The molecule has 2 rings (SSSR count). The zero-order valence-corrected chi connectivity index (χ0v) is 12.8. The highest BCUT2D eigenvalue weighted by atomic mass is 16.4. The van der Waals surface area contributed by atoms with E-state index in [0.29, 0.717) is 24.3 Å². The van der Waals surface area contributed by atoms with E-state index >= 15 is 0 Å². The lowest BCUT2D eigenvalue weighted by Crippen LogP contribution is -2.50. The fraction of sp³-hybridized carbons (Fsp3) is 0.400. The van der Waals surface area contributed by atoms with Crippen LogP contribution < -0.4 is 10.2 Å². The molecular formula is C15H19N3O4. The van der Waals surface area contributed by atoms with E-state index < -0.39 is 11.5 Å². The monoisotopic (exact) mass is 305 g/mol. The Hall–Kier alpha value is -2.57. The summed E-state index contributed by atoms with van der Waals surface area (Å²) < 4.78 is 0. The van der Waals surface area contributed by atoms with E-state index in [0.717, 1.165) is 0 Å². The number of benzene rings is 1. The number of likely N-dealkylation sites (N-methyl/N-ethyl adjacent to an activating group) is 1. The zero-order valence-electron chi connectivity index (χ0n) is 12.8. The number of carbonyl (C=O) groups excluding carboxylic acids is 2. The highest BCUT2D eigenvalue weighted by Gasteiger charge is 2.35. The van der Waals surface area contributed by atoms with Crippen LogP contribution in [0.5, 0.6) is 0 Å². The minimum Gasteiger partial charge on any atom is -0.480 e. The molecule has 0 bridgehead atoms. The fourth-order valence-corrected chi connectivity index (χ4v) is 2.09. The Morgan fingerprint density at radius 3 is 2.32 bits per heavy atom. The van der Waals surface area contributed by atoms with Crippen molar-refractivity contribution in [2.24, 2.45) is 0 Å². The molecule has 0 saturated carbocycles. The van der Waals surface area contributed by atoms with Crippen molar-refractivity contribution in [3.8, 4) is 0 Å². The summed E-state index contributed by atoms with van der Waals surface area (Å²) in [5.41, 5.74) is -0.225. The molecule has 118 valence electrons. The summed E-state index contributed by atoms with van der Waals surface area (Å²) in [6, 6.07) is 6.39. The van der Waals surface area contributed by atoms with Gasteiger partial charge in [-0.05, 0) is 38.1 Å². The van der Waals surface area contributed by atoms with Gasteiger partial charge in [0.15, 0.2) is 0 Å². The van der Waals surface area contributed by atoms with Gasteiger partial charge in [-0.25, -0.2) is 9.59 Å². The van der Waals surface area contributed by atoms with Crippen LogP contribution in [0.1, 0.15) is 24.2 Å². The molecule has 1 saturated heterocycles. The molecule has 1 fully saturated rings. The molecule has 7 heteroatoms. The lowest BCUT2D eigenvalue weighted by molar-refractivity contribution is -0.147. The van der Waals surface area contributed by atoms with Crippen LogP contribution in [-0.2, 0) is 4.79 Å². The van der Waals surface area contributed by atoms with E-state index in [1.54, 1.807) is 29.2 Å². The molecule has 0 spiro atoms. The van der Waals surface area contributed by atoms with Crippen molar-refractivity contribution in [3.63, 3.8) is 0 Å². The maximum Gasteiger partial charge on any atom is 0.329 e. The number of rotatable bonds is 4. The molecule has 0 atom stereocenters. The smallest absolute Gasteiger partial charge is 0.329 e. The van der Waals surface area contributed by atoms with Gasteiger partial charge in [-0.15, -0.1) is 0 Å². The number of carboxylic acids is 1. The summed E-state index contributed by atoms with van der Waals surface area (Å²) in [5.74, 6) is -1.46. The van der Waals surface area contributed by atoms with Crippen LogP contribution in [0, 0.1) is 0 Å². The van der Waals surface area contributed by atoms with Crippen molar-refractivity contribution in [3.05, 3.63) is 29.8 Å². The van der Waals surface area contributed by atoms with E-state index in [-0.39, 0.29) is 11.9 Å². The number of carbonyl (C=O) groups is 3. The van der Waals surface area contributed by atoms with Gasteiger partial charge in [-0.3, -0.25) is 9.69 Å². The lowest BCUT2D eigenvalue weighted by atomic mass is 10.0. The van der Waals surface area contributed by atoms with Crippen molar-refractivity contribution in [1.29, 1.82) is 0 Å². The van der Waals surface area contributed by atoms with Gasteiger partial charge in [-0.1, -0.05) is 0 Å². The molecule has 1 aliphatic heterocycles. The van der Waals surface area contributed by atoms with Gasteiger partial charge in [0.25, 0.3) is 5.91 Å². The summed E-state index contributed by atoms with van der Waals surface area (Å²) in [6.07, 6.45) is 0. The predicted molar refractivity (Wildman–Crippen MR) is 81.0 cm³/mol. The fourth-order valence-electron chi connectivity index (χ4n) is 2.09. The number of hydrogen-bond donors (Lipinski definition) is 2. The van der Waals surface area contributed by atoms with Crippen LogP contribution in [0.4, 0.5) is 10.5 Å². The number of carboxylic acid groups (broad SMARTS) is 1. The van der Waals surface area contributed by atoms with Crippen molar-refractivity contribution >= 4 is 23.6 Å². The molecule has 0 radical (unpaired) electrons. The van der Waals surface area contributed by atoms with E-state index in [1.807, 2.05) is 0 Å². The van der Waals surface area contributed by atoms with Crippen molar-refractivity contribution in [2.75, 3.05) is 25.0 Å². The van der Waals surface area contributed by atoms with Crippen LogP contribution in [-0.4, -0.2) is 53.6 Å². The maximum atomic E-state index is 12.4. The largest absolute Gasteiger partial charge is 0.480 e. The van der Waals surface area contributed by atoms with Crippen LogP contribution >= 0.6 is 0 Å². The molecule has 0 unspecified atom stereocenters. The van der Waals surface area contributed by atoms with Gasteiger partial charge < -0.3 is 15.3 Å².